The van der Waals surface area contributed by atoms with Gasteiger partial charge in [0.15, 0.2) is 0 Å². The molecule has 0 aromatic heterocycles. The molecule has 0 unspecified atom stereocenters. The lowest BCUT2D eigenvalue weighted by Crippen LogP contribution is -2.89. The van der Waals surface area contributed by atoms with Gasteiger partial charge in [0.1, 0.15) is 59.5 Å². The van der Waals surface area contributed by atoms with Gasteiger partial charge in [0, 0.05) is 29.4 Å². The molecule has 13 nitrogen and oxygen atoms in total. The summed E-state index contributed by atoms with van der Waals surface area (Å²) < 4.78 is 46.1. The van der Waals surface area contributed by atoms with Crippen molar-refractivity contribution in [3.63, 3.8) is 0 Å². The van der Waals surface area contributed by atoms with Crippen molar-refractivity contribution in [2.24, 2.45) is 35.5 Å². The Morgan fingerprint density at radius 2 is 1.53 bits per heavy atom. The Morgan fingerprint density at radius 1 is 0.847 bits per heavy atom. The summed E-state index contributed by atoms with van der Waals surface area (Å²) in [6.45, 7) is 7.19. The fourth-order valence-corrected chi connectivity index (χ4v) is 13.5. The van der Waals surface area contributed by atoms with Crippen LogP contribution in [0.5, 0.6) is 0 Å². The summed E-state index contributed by atoms with van der Waals surface area (Å²) in [6, 6.07) is 18.0. The Hall–Kier alpha value is -3.24. The number of hydrogen-bond donors (Lipinski definition) is 4. The molecule has 9 heterocycles. The molecule has 4 saturated carbocycles. The highest BCUT2D eigenvalue weighted by molar-refractivity contribution is 5.89. The Balaban J connectivity index is 1.03. The number of rotatable bonds is 3. The summed E-state index contributed by atoms with van der Waals surface area (Å²) in [6.07, 6.45) is -1.08. The van der Waals surface area contributed by atoms with Crippen LogP contribution in [0.2, 0.25) is 0 Å². The van der Waals surface area contributed by atoms with Gasteiger partial charge in [-0.2, -0.15) is 0 Å². The molecule has 9 fully saturated rings. The lowest BCUT2D eigenvalue weighted by molar-refractivity contribution is -0.595. The first-order valence-electron chi connectivity index (χ1n) is 21.5. The predicted molar refractivity (Wildman–Crippen MR) is 205 cm³/mol. The van der Waals surface area contributed by atoms with E-state index >= 15 is 0 Å². The second-order valence-electron chi connectivity index (χ2n) is 19.6. The first kappa shape index (κ1) is 38.7. The Bertz CT molecular complexity index is 2050. The van der Waals surface area contributed by atoms with Crippen LogP contribution in [-0.2, 0) is 43.9 Å². The normalized spacial score (nSPS) is 54.5. The van der Waals surface area contributed by atoms with E-state index in [1.807, 2.05) is 50.2 Å². The van der Waals surface area contributed by atoms with E-state index in [1.54, 1.807) is 44.2 Å². The highest BCUT2D eigenvalue weighted by atomic mass is 16.9. The number of fused-ring (bicyclic) bond motifs is 1. The molecular weight excluding hydrogens is 760 g/mol. The molecule has 15 rings (SSSR count). The molecule has 5 saturated heterocycles. The summed E-state index contributed by atoms with van der Waals surface area (Å²) in [5.74, 6) is -5.82. The number of aliphatic hydroxyl groups excluding tert-OH is 1. The van der Waals surface area contributed by atoms with Crippen molar-refractivity contribution in [1.82, 2.24) is 0 Å². The van der Waals surface area contributed by atoms with E-state index in [9.17, 15) is 30.0 Å². The Labute approximate surface area is 342 Å². The molecule has 2 aromatic carbocycles. The van der Waals surface area contributed by atoms with Gasteiger partial charge in [-0.1, -0.05) is 62.4 Å². The molecule has 11 bridgehead atoms. The lowest BCUT2D eigenvalue weighted by Gasteiger charge is -2.74. The summed E-state index contributed by atoms with van der Waals surface area (Å²) in [5.41, 5.74) is -7.54. The third-order valence-electron chi connectivity index (χ3n) is 16.5. The van der Waals surface area contributed by atoms with Crippen LogP contribution in [0.25, 0.3) is 0 Å². The molecule has 0 radical (unpaired) electrons. The third-order valence-corrected chi connectivity index (χ3v) is 16.5. The van der Waals surface area contributed by atoms with E-state index in [-0.39, 0.29) is 18.3 Å². The van der Waals surface area contributed by atoms with Crippen molar-refractivity contribution >= 4 is 11.9 Å². The number of ether oxygens (including phenoxy) is 7. The van der Waals surface area contributed by atoms with Gasteiger partial charge in [-0.05, 0) is 88.3 Å². The largest absolute Gasteiger partial charge is 0.456 e. The maximum Gasteiger partial charge on any atom is 0.338 e. The van der Waals surface area contributed by atoms with Crippen molar-refractivity contribution in [2.75, 3.05) is 0 Å². The average molecular weight is 815 g/mol. The second-order valence-corrected chi connectivity index (χ2v) is 19.6. The highest BCUT2D eigenvalue weighted by Crippen LogP contribution is 2.75. The quantitative estimate of drug-likeness (QED) is 0.260. The number of epoxide rings is 2. The van der Waals surface area contributed by atoms with Crippen molar-refractivity contribution < 1.29 is 63.2 Å². The van der Waals surface area contributed by atoms with E-state index in [4.69, 9.17) is 33.2 Å². The van der Waals surface area contributed by atoms with Gasteiger partial charge in [0.05, 0.1) is 22.9 Å². The third kappa shape index (κ3) is 5.11. The van der Waals surface area contributed by atoms with Crippen LogP contribution in [0.4, 0.5) is 0 Å². The molecule has 13 heteroatoms. The number of carbonyl (C=O) groups is 2. The standard InChI is InChI=1S/C46H54O13/c1-23-21-30-43(51)35(23)54-31(47)20-19-29-34(53-29)33(55-39(48)27-11-7-5-8-12-27)26-17-15-25(16-18-26)22-41(3,50)45(52)36-24(2)44(30)32(37-42(4,56-37)40(43)49)38(45)58-46(57-36,59-44)28-13-9-6-10-14-28/h5-14,19-20,23-26,29-30,32-38,40,49-52H,15-18,21-22H2,1-4H3/b20-19+/t23-,24-,25?,26?,29-,30-,32+,33+,34+,35-,36+,37+,38-,40-,41-,42+,43+,44+,45+,46+/m1/s1. The summed E-state index contributed by atoms with van der Waals surface area (Å²) in [5, 5.41) is 52.2. The number of hydrogen-bond acceptors (Lipinski definition) is 13. The van der Waals surface area contributed by atoms with E-state index < -0.39 is 118 Å². The van der Waals surface area contributed by atoms with Gasteiger partial charge in [0.2, 0.25) is 0 Å². The van der Waals surface area contributed by atoms with E-state index in [0.29, 0.717) is 43.2 Å². The summed E-state index contributed by atoms with van der Waals surface area (Å²) in [7, 11) is 0. The van der Waals surface area contributed by atoms with E-state index in [2.05, 4.69) is 0 Å². The van der Waals surface area contributed by atoms with Gasteiger partial charge < -0.3 is 53.6 Å². The fraction of sp³-hybridized carbons (Fsp3) is 0.652. The minimum absolute atomic E-state index is 0.00681. The van der Waals surface area contributed by atoms with Crippen LogP contribution in [0.1, 0.15) is 82.1 Å². The zero-order chi connectivity index (χ0) is 41.1. The van der Waals surface area contributed by atoms with Gasteiger partial charge >= 0.3 is 17.9 Å². The van der Waals surface area contributed by atoms with Crippen LogP contribution >= 0.6 is 0 Å². The molecule has 0 amide bonds. The summed E-state index contributed by atoms with van der Waals surface area (Å²) in [4.78, 5) is 27.3. The highest BCUT2D eigenvalue weighted by Gasteiger charge is 2.90. The number of esters is 2. The lowest BCUT2D eigenvalue weighted by atomic mass is 9.49. The zero-order valence-corrected chi connectivity index (χ0v) is 33.7. The maximum absolute atomic E-state index is 13.8. The number of aliphatic hydroxyl groups is 4. The zero-order valence-electron chi connectivity index (χ0n) is 33.7. The van der Waals surface area contributed by atoms with Crippen LogP contribution in [-0.4, -0.2) is 109 Å². The maximum atomic E-state index is 13.8. The van der Waals surface area contributed by atoms with Crippen LogP contribution in [0.3, 0.4) is 0 Å². The van der Waals surface area contributed by atoms with E-state index in [1.165, 1.54) is 6.08 Å². The molecule has 4 aliphatic carbocycles. The van der Waals surface area contributed by atoms with Gasteiger partial charge in [-0.15, -0.1) is 0 Å². The minimum Gasteiger partial charge on any atom is -0.456 e. The van der Waals surface area contributed by atoms with Crippen molar-refractivity contribution in [2.45, 2.75) is 149 Å². The molecule has 59 heavy (non-hydrogen) atoms. The number of carbonyl (C=O) groups excluding carboxylic acids is 2. The van der Waals surface area contributed by atoms with Gasteiger partial charge in [0.25, 0.3) is 0 Å². The van der Waals surface area contributed by atoms with Crippen molar-refractivity contribution in [1.29, 1.82) is 0 Å². The molecule has 2 aromatic rings. The van der Waals surface area contributed by atoms with Crippen LogP contribution in [0.15, 0.2) is 72.8 Å². The van der Waals surface area contributed by atoms with Crippen LogP contribution < -0.4 is 0 Å². The van der Waals surface area contributed by atoms with E-state index in [0.717, 1.165) is 0 Å². The van der Waals surface area contributed by atoms with Crippen molar-refractivity contribution in [3.8, 4) is 0 Å². The monoisotopic (exact) mass is 814 g/mol. The molecule has 18 atom stereocenters. The smallest absolute Gasteiger partial charge is 0.338 e. The molecular formula is C46H54O13. The Kier molecular flexibility index (Phi) is 8.30. The second kappa shape index (κ2) is 12.7. The van der Waals surface area contributed by atoms with Gasteiger partial charge in [-0.25, -0.2) is 9.59 Å². The van der Waals surface area contributed by atoms with Gasteiger partial charge in [-0.3, -0.25) is 0 Å². The molecule has 1 spiro atoms. The Morgan fingerprint density at radius 3 is 2.24 bits per heavy atom. The summed E-state index contributed by atoms with van der Waals surface area (Å²) >= 11 is 0. The average Bonchev–Trinajstić information content (AvgIpc) is 4.14. The molecule has 4 N–H and O–H groups in total. The minimum atomic E-state index is -2.07. The topological polar surface area (TPSA) is 186 Å². The first-order valence-corrected chi connectivity index (χ1v) is 21.5. The number of benzene rings is 2. The molecule has 9 aliphatic heterocycles. The fourth-order valence-electron chi connectivity index (χ4n) is 13.5. The molecule has 316 valence electrons. The first-order chi connectivity index (χ1) is 28.1. The predicted octanol–water partition coefficient (Wildman–Crippen LogP) is 3.69. The van der Waals surface area contributed by atoms with Crippen LogP contribution in [0, 0.1) is 35.5 Å². The SMILES string of the molecule is C[C@@H]1C[C@@H]2[C@]3(O)[C@@H]1OC(=O)/C=C/[C@H]1O[C@@H]1[C@@H](OC(=O)c1ccccc1)C1CCC(CC1)C[C@@](C)(O)[C@@]1(O)[C@@H]4O[C@]5(c6ccccc6)O[C@H]1[C@@H](C)[C@@]2(O5)[C@H]4[C@@H]1O[C@]1(C)[C@H]3O. The van der Waals surface area contributed by atoms with Crippen molar-refractivity contribution in [3.05, 3.63) is 83.9 Å². The molecule has 13 aliphatic rings.